The predicted molar refractivity (Wildman–Crippen MR) is 137 cm³/mol. The molecule has 0 saturated carbocycles. The number of fused-ring (bicyclic) bond motifs is 1. The molecule has 6 nitrogen and oxygen atoms in total. The highest BCUT2D eigenvalue weighted by Gasteiger charge is 2.33. The molecule has 7 heteroatoms. The monoisotopic (exact) mass is 475 g/mol. The van der Waals surface area contributed by atoms with Crippen molar-refractivity contribution in [3.8, 4) is 0 Å². The van der Waals surface area contributed by atoms with Gasteiger partial charge in [0.1, 0.15) is 0 Å². The van der Waals surface area contributed by atoms with Crippen molar-refractivity contribution < 1.29 is 9.53 Å². The van der Waals surface area contributed by atoms with Crippen molar-refractivity contribution in [2.45, 2.75) is 33.7 Å². The van der Waals surface area contributed by atoms with Crippen LogP contribution >= 0.6 is 11.3 Å². The van der Waals surface area contributed by atoms with Crippen LogP contribution in [0.1, 0.15) is 44.9 Å². The second-order valence-electron chi connectivity index (χ2n) is 7.98. The summed E-state index contributed by atoms with van der Waals surface area (Å²) in [5, 5.41) is 0. The first-order valence-electron chi connectivity index (χ1n) is 11.6. The quantitative estimate of drug-likeness (QED) is 0.490. The van der Waals surface area contributed by atoms with E-state index in [-0.39, 0.29) is 12.2 Å². The molecule has 0 saturated heterocycles. The first-order valence-corrected chi connectivity index (χ1v) is 12.4. The number of benzene rings is 2. The van der Waals surface area contributed by atoms with Crippen molar-refractivity contribution in [2.75, 3.05) is 24.6 Å². The fourth-order valence-electron chi connectivity index (χ4n) is 4.26. The molecule has 1 aliphatic heterocycles. The van der Waals surface area contributed by atoms with Crippen LogP contribution in [0.15, 0.2) is 75.7 Å². The van der Waals surface area contributed by atoms with Gasteiger partial charge in [0, 0.05) is 18.8 Å². The molecule has 0 bridgehead atoms. The number of esters is 1. The summed E-state index contributed by atoms with van der Waals surface area (Å²) in [4.78, 5) is 34.0. The molecule has 0 amide bonds. The maximum absolute atomic E-state index is 13.6. The summed E-state index contributed by atoms with van der Waals surface area (Å²) in [7, 11) is 0. The van der Waals surface area contributed by atoms with E-state index in [0.29, 0.717) is 20.6 Å². The van der Waals surface area contributed by atoms with Gasteiger partial charge in [0.15, 0.2) is 4.80 Å². The van der Waals surface area contributed by atoms with Gasteiger partial charge in [0.2, 0.25) is 0 Å². The van der Waals surface area contributed by atoms with Crippen molar-refractivity contribution in [1.29, 1.82) is 0 Å². The molecule has 0 fully saturated rings. The summed E-state index contributed by atoms with van der Waals surface area (Å²) >= 11 is 1.34. The molecule has 2 heterocycles. The first kappa shape index (κ1) is 23.7. The summed E-state index contributed by atoms with van der Waals surface area (Å²) in [6, 6.07) is 17.2. The molecule has 3 aromatic rings. The van der Waals surface area contributed by atoms with Crippen molar-refractivity contribution in [1.82, 2.24) is 4.57 Å². The van der Waals surface area contributed by atoms with E-state index < -0.39 is 12.0 Å². The third-order valence-electron chi connectivity index (χ3n) is 5.95. The number of allylic oxidation sites excluding steroid dienone is 1. The zero-order valence-corrected chi connectivity index (χ0v) is 20.8. The van der Waals surface area contributed by atoms with Crippen LogP contribution in [-0.4, -0.2) is 30.2 Å². The number of rotatable bonds is 7. The molecule has 0 unspecified atom stereocenters. The molecule has 0 radical (unpaired) electrons. The lowest BCUT2D eigenvalue weighted by atomic mass is 9.96. The summed E-state index contributed by atoms with van der Waals surface area (Å²) in [6.45, 7) is 9.97. The minimum Gasteiger partial charge on any atom is -0.463 e. The van der Waals surface area contributed by atoms with Crippen LogP contribution in [0.25, 0.3) is 6.08 Å². The van der Waals surface area contributed by atoms with Crippen LogP contribution in [0.3, 0.4) is 0 Å². The van der Waals surface area contributed by atoms with Crippen molar-refractivity contribution in [3.63, 3.8) is 0 Å². The summed E-state index contributed by atoms with van der Waals surface area (Å²) in [5.74, 6) is -0.445. The van der Waals surface area contributed by atoms with Gasteiger partial charge in [-0.05, 0) is 57.0 Å². The van der Waals surface area contributed by atoms with E-state index in [1.54, 1.807) is 18.4 Å². The SMILES string of the molecule is CCOC(=O)C1=C(C)N=c2sc(=Cc3ccc(N(CC)CC)cc3)c(=O)n2[C@H]1c1ccccc1. The number of aromatic nitrogens is 1. The van der Waals surface area contributed by atoms with E-state index >= 15 is 0 Å². The normalized spacial score (nSPS) is 15.6. The number of anilines is 1. The zero-order valence-electron chi connectivity index (χ0n) is 19.9. The number of ether oxygens (including phenoxy) is 1. The Morgan fingerprint density at radius 3 is 2.38 bits per heavy atom. The third kappa shape index (κ3) is 4.48. The van der Waals surface area contributed by atoms with Gasteiger partial charge in [-0.15, -0.1) is 0 Å². The highest BCUT2D eigenvalue weighted by atomic mass is 32.1. The van der Waals surface area contributed by atoms with Crippen molar-refractivity contribution in [2.24, 2.45) is 4.99 Å². The Hall–Kier alpha value is -3.45. The van der Waals surface area contributed by atoms with E-state index in [1.807, 2.05) is 48.5 Å². The number of hydrogen-bond donors (Lipinski definition) is 0. The third-order valence-corrected chi connectivity index (χ3v) is 6.93. The molecular formula is C27H29N3O3S. The highest BCUT2D eigenvalue weighted by molar-refractivity contribution is 7.07. The summed E-state index contributed by atoms with van der Waals surface area (Å²) in [6.07, 6.45) is 1.89. The molecule has 0 aliphatic carbocycles. The van der Waals surface area contributed by atoms with Gasteiger partial charge in [-0.3, -0.25) is 9.36 Å². The maximum atomic E-state index is 13.6. The van der Waals surface area contributed by atoms with Crippen molar-refractivity contribution >= 4 is 29.1 Å². The van der Waals surface area contributed by atoms with Gasteiger partial charge in [0.05, 0.1) is 28.5 Å². The van der Waals surface area contributed by atoms with Crippen LogP contribution < -0.4 is 19.8 Å². The number of hydrogen-bond acceptors (Lipinski definition) is 6. The molecular weight excluding hydrogens is 446 g/mol. The average molecular weight is 476 g/mol. The highest BCUT2D eigenvalue weighted by Crippen LogP contribution is 2.30. The Labute approximate surface area is 203 Å². The predicted octanol–water partition coefficient (Wildman–Crippen LogP) is 3.64. The number of carbonyl (C=O) groups is 1. The maximum Gasteiger partial charge on any atom is 0.338 e. The second kappa shape index (κ2) is 10.2. The molecule has 1 aliphatic rings. The Morgan fingerprint density at radius 1 is 1.09 bits per heavy atom. The summed E-state index contributed by atoms with van der Waals surface area (Å²) in [5.41, 5.74) is 3.75. The Balaban J connectivity index is 1.84. The van der Waals surface area contributed by atoms with Crippen LogP contribution in [-0.2, 0) is 9.53 Å². The number of nitrogens with zero attached hydrogens (tertiary/aromatic N) is 3. The van der Waals surface area contributed by atoms with E-state index in [9.17, 15) is 9.59 Å². The first-order chi connectivity index (χ1) is 16.5. The van der Waals surface area contributed by atoms with E-state index in [1.165, 1.54) is 11.3 Å². The van der Waals surface area contributed by atoms with Crippen LogP contribution in [0.2, 0.25) is 0 Å². The molecule has 0 spiro atoms. The Kier molecular flexibility index (Phi) is 7.12. The Bertz CT molecular complexity index is 1380. The van der Waals surface area contributed by atoms with Gasteiger partial charge in [-0.1, -0.05) is 53.8 Å². The molecule has 176 valence electrons. The van der Waals surface area contributed by atoms with Gasteiger partial charge in [-0.25, -0.2) is 9.79 Å². The number of carbonyl (C=O) groups excluding carboxylic acids is 1. The fraction of sp³-hybridized carbons (Fsp3) is 0.296. The van der Waals surface area contributed by atoms with Crippen LogP contribution in [0.5, 0.6) is 0 Å². The molecule has 1 atom stereocenters. The topological polar surface area (TPSA) is 63.9 Å². The lowest BCUT2D eigenvalue weighted by Gasteiger charge is -2.24. The Morgan fingerprint density at radius 2 is 1.76 bits per heavy atom. The second-order valence-corrected chi connectivity index (χ2v) is 8.99. The smallest absolute Gasteiger partial charge is 0.338 e. The molecule has 2 aromatic carbocycles. The fourth-order valence-corrected chi connectivity index (χ4v) is 5.31. The van der Waals surface area contributed by atoms with Gasteiger partial charge in [-0.2, -0.15) is 0 Å². The average Bonchev–Trinajstić information content (AvgIpc) is 3.15. The van der Waals surface area contributed by atoms with E-state index in [4.69, 9.17) is 4.74 Å². The van der Waals surface area contributed by atoms with Gasteiger partial charge < -0.3 is 9.64 Å². The summed E-state index contributed by atoms with van der Waals surface area (Å²) < 4.78 is 7.53. The molecule has 34 heavy (non-hydrogen) atoms. The molecule has 4 rings (SSSR count). The zero-order chi connectivity index (χ0) is 24.2. The minimum absolute atomic E-state index is 0.167. The largest absolute Gasteiger partial charge is 0.463 e. The number of thiazole rings is 1. The molecule has 1 aromatic heterocycles. The lowest BCUT2D eigenvalue weighted by Crippen LogP contribution is -2.39. The van der Waals surface area contributed by atoms with Crippen molar-refractivity contribution in [3.05, 3.63) is 96.7 Å². The van der Waals surface area contributed by atoms with Crippen LogP contribution in [0, 0.1) is 0 Å². The lowest BCUT2D eigenvalue weighted by molar-refractivity contribution is -0.139. The van der Waals surface area contributed by atoms with E-state index in [0.717, 1.165) is 29.9 Å². The van der Waals surface area contributed by atoms with Gasteiger partial charge in [0.25, 0.3) is 5.56 Å². The standard InChI is InChI=1S/C27H29N3O3S/c1-5-29(6-2)21-15-13-19(14-16-21)17-22-25(31)30-24(20-11-9-8-10-12-20)23(26(32)33-7-3)18(4)28-27(30)34-22/h8-17,24H,5-7H2,1-4H3/t24-/m0/s1. The minimum atomic E-state index is -0.580. The van der Waals surface area contributed by atoms with Gasteiger partial charge >= 0.3 is 5.97 Å². The van der Waals surface area contributed by atoms with Crippen LogP contribution in [0.4, 0.5) is 5.69 Å². The molecule has 0 N–H and O–H groups in total. The van der Waals surface area contributed by atoms with E-state index in [2.05, 4.69) is 35.9 Å².